The van der Waals surface area contributed by atoms with Crippen LogP contribution in [0.4, 0.5) is 0 Å². The molecule has 0 spiro atoms. The monoisotopic (exact) mass is 298 g/mol. The minimum absolute atomic E-state index is 0.573. The second kappa shape index (κ2) is 7.65. The minimum Gasteiger partial charge on any atom is -0.309 e. The third-order valence-corrected chi connectivity index (χ3v) is 6.44. The van der Waals surface area contributed by atoms with Crippen LogP contribution in [0.5, 0.6) is 0 Å². The first-order valence-corrected chi connectivity index (χ1v) is 9.44. The number of nitrogens with zero attached hydrogens (tertiary/aromatic N) is 1. The molecule has 0 fully saturated rings. The molecule has 2 rings (SSSR count). The Bertz CT molecular complexity index is 389. The highest BCUT2D eigenvalue weighted by Gasteiger charge is 2.23. The van der Waals surface area contributed by atoms with E-state index in [0.29, 0.717) is 6.04 Å². The molecule has 2 nitrogen and oxygen atoms in total. The van der Waals surface area contributed by atoms with Crippen LogP contribution in [0.15, 0.2) is 0 Å². The molecule has 1 heterocycles. The third-order valence-electron chi connectivity index (χ3n) is 3.70. The fourth-order valence-electron chi connectivity index (χ4n) is 2.38. The lowest BCUT2D eigenvalue weighted by Crippen LogP contribution is -2.24. The summed E-state index contributed by atoms with van der Waals surface area (Å²) in [5, 5.41) is 5.76. The van der Waals surface area contributed by atoms with Gasteiger partial charge in [-0.2, -0.15) is 11.8 Å². The average Bonchev–Trinajstić information content (AvgIpc) is 2.85. The van der Waals surface area contributed by atoms with E-state index in [9.17, 15) is 0 Å². The summed E-state index contributed by atoms with van der Waals surface area (Å²) in [7, 11) is 0. The van der Waals surface area contributed by atoms with E-state index in [1.54, 1.807) is 0 Å². The maximum absolute atomic E-state index is 4.87. The van der Waals surface area contributed by atoms with Crippen molar-refractivity contribution in [3.63, 3.8) is 0 Å². The van der Waals surface area contributed by atoms with Crippen molar-refractivity contribution >= 4 is 23.1 Å². The van der Waals surface area contributed by atoms with Crippen LogP contribution in [0.2, 0.25) is 0 Å². The SMILES string of the molecule is CCCNC1CCCc2nc(CSC(C)CC)sc21. The molecule has 2 unspecified atom stereocenters. The maximum Gasteiger partial charge on any atom is 0.103 e. The van der Waals surface area contributed by atoms with Gasteiger partial charge in [0.1, 0.15) is 5.01 Å². The quantitative estimate of drug-likeness (QED) is 0.799. The smallest absolute Gasteiger partial charge is 0.103 e. The van der Waals surface area contributed by atoms with E-state index in [1.165, 1.54) is 47.7 Å². The average molecular weight is 299 g/mol. The van der Waals surface area contributed by atoms with E-state index < -0.39 is 0 Å². The Labute approximate surface area is 125 Å². The lowest BCUT2D eigenvalue weighted by molar-refractivity contribution is 0.464. The highest BCUT2D eigenvalue weighted by atomic mass is 32.2. The van der Waals surface area contributed by atoms with Gasteiger partial charge in [0.2, 0.25) is 0 Å². The van der Waals surface area contributed by atoms with Gasteiger partial charge in [0.25, 0.3) is 0 Å². The van der Waals surface area contributed by atoms with E-state index in [4.69, 9.17) is 4.98 Å². The Kier molecular flexibility index (Phi) is 6.17. The van der Waals surface area contributed by atoms with E-state index in [1.807, 2.05) is 23.1 Å². The van der Waals surface area contributed by atoms with Gasteiger partial charge in [-0.05, 0) is 38.6 Å². The van der Waals surface area contributed by atoms with E-state index in [2.05, 4.69) is 26.1 Å². The Morgan fingerprint density at radius 1 is 1.47 bits per heavy atom. The van der Waals surface area contributed by atoms with Gasteiger partial charge in [0, 0.05) is 21.9 Å². The molecular formula is C15H26N2S2. The fourth-order valence-corrected chi connectivity index (χ4v) is 4.56. The number of thiazole rings is 1. The minimum atomic E-state index is 0.573. The molecule has 0 aliphatic heterocycles. The zero-order valence-electron chi connectivity index (χ0n) is 12.4. The van der Waals surface area contributed by atoms with Crippen LogP contribution in [0.1, 0.15) is 68.1 Å². The van der Waals surface area contributed by atoms with E-state index in [-0.39, 0.29) is 0 Å². The fraction of sp³-hybridized carbons (Fsp3) is 0.800. The third kappa shape index (κ3) is 4.20. The van der Waals surface area contributed by atoms with Crippen molar-refractivity contribution in [3.8, 4) is 0 Å². The lowest BCUT2D eigenvalue weighted by Gasteiger charge is -2.22. The number of thioether (sulfide) groups is 1. The molecule has 0 bridgehead atoms. The van der Waals surface area contributed by atoms with Crippen LogP contribution in [0.25, 0.3) is 0 Å². The Morgan fingerprint density at radius 3 is 3.05 bits per heavy atom. The second-order valence-electron chi connectivity index (χ2n) is 5.35. The van der Waals surface area contributed by atoms with Crippen LogP contribution >= 0.6 is 23.1 Å². The predicted molar refractivity (Wildman–Crippen MR) is 87.1 cm³/mol. The number of fused-ring (bicyclic) bond motifs is 1. The van der Waals surface area contributed by atoms with Gasteiger partial charge in [-0.1, -0.05) is 20.8 Å². The van der Waals surface area contributed by atoms with E-state index >= 15 is 0 Å². The molecule has 0 amide bonds. The number of rotatable bonds is 7. The highest BCUT2D eigenvalue weighted by molar-refractivity contribution is 7.99. The summed E-state index contributed by atoms with van der Waals surface area (Å²) in [5.74, 6) is 1.09. The van der Waals surface area contributed by atoms with Crippen molar-refractivity contribution < 1.29 is 0 Å². The summed E-state index contributed by atoms with van der Waals surface area (Å²) in [6.07, 6.45) is 6.21. The molecule has 19 heavy (non-hydrogen) atoms. The standard InChI is InChI=1S/C15H26N2S2/c1-4-9-16-12-7-6-8-13-15(12)19-14(17-13)10-18-11(3)5-2/h11-12,16H,4-10H2,1-3H3. The zero-order chi connectivity index (χ0) is 13.7. The number of aryl methyl sites for hydroxylation is 1. The zero-order valence-corrected chi connectivity index (χ0v) is 14.0. The molecule has 0 saturated carbocycles. The largest absolute Gasteiger partial charge is 0.309 e. The predicted octanol–water partition coefficient (Wildman–Crippen LogP) is 4.55. The number of aromatic nitrogens is 1. The number of hydrogen-bond acceptors (Lipinski definition) is 4. The van der Waals surface area contributed by atoms with Crippen molar-refractivity contribution in [1.29, 1.82) is 0 Å². The van der Waals surface area contributed by atoms with Gasteiger partial charge >= 0.3 is 0 Å². The Balaban J connectivity index is 1.99. The van der Waals surface area contributed by atoms with Crippen LogP contribution in [-0.2, 0) is 12.2 Å². The molecule has 1 N–H and O–H groups in total. The van der Waals surface area contributed by atoms with Crippen molar-refractivity contribution in [3.05, 3.63) is 15.6 Å². The normalized spacial score (nSPS) is 20.3. The molecule has 1 aromatic rings. The first-order chi connectivity index (χ1) is 9.24. The van der Waals surface area contributed by atoms with Gasteiger partial charge < -0.3 is 5.32 Å². The topological polar surface area (TPSA) is 24.9 Å². The molecule has 1 aliphatic rings. The van der Waals surface area contributed by atoms with Gasteiger partial charge in [-0.3, -0.25) is 0 Å². The summed E-state index contributed by atoms with van der Waals surface area (Å²) in [5.41, 5.74) is 1.38. The molecule has 2 atom stereocenters. The van der Waals surface area contributed by atoms with Gasteiger partial charge in [0.15, 0.2) is 0 Å². The van der Waals surface area contributed by atoms with E-state index in [0.717, 1.165) is 17.5 Å². The molecule has 4 heteroatoms. The Hall–Kier alpha value is -0.0600. The van der Waals surface area contributed by atoms with Crippen LogP contribution in [0, 0.1) is 0 Å². The van der Waals surface area contributed by atoms with Gasteiger partial charge in [-0.25, -0.2) is 4.98 Å². The van der Waals surface area contributed by atoms with Crippen LogP contribution < -0.4 is 5.32 Å². The highest BCUT2D eigenvalue weighted by Crippen LogP contribution is 2.35. The molecule has 1 aliphatic carbocycles. The number of hydrogen-bond donors (Lipinski definition) is 1. The molecule has 1 aromatic heterocycles. The van der Waals surface area contributed by atoms with Crippen LogP contribution in [-0.4, -0.2) is 16.8 Å². The molecular weight excluding hydrogens is 272 g/mol. The summed E-state index contributed by atoms with van der Waals surface area (Å²) in [4.78, 5) is 6.40. The van der Waals surface area contributed by atoms with Crippen molar-refractivity contribution in [1.82, 2.24) is 10.3 Å². The molecule has 0 saturated heterocycles. The molecule has 0 radical (unpaired) electrons. The molecule has 0 aromatic carbocycles. The summed E-state index contributed by atoms with van der Waals surface area (Å²) in [6, 6.07) is 0.573. The summed E-state index contributed by atoms with van der Waals surface area (Å²) < 4.78 is 0. The number of nitrogens with one attached hydrogen (secondary N) is 1. The lowest BCUT2D eigenvalue weighted by atomic mass is 9.98. The first-order valence-electron chi connectivity index (χ1n) is 7.58. The maximum atomic E-state index is 4.87. The van der Waals surface area contributed by atoms with Crippen molar-refractivity contribution in [2.75, 3.05) is 6.54 Å². The van der Waals surface area contributed by atoms with Gasteiger partial charge in [0.05, 0.1) is 5.69 Å². The second-order valence-corrected chi connectivity index (χ2v) is 7.89. The summed E-state index contributed by atoms with van der Waals surface area (Å²) in [6.45, 7) is 7.93. The Morgan fingerprint density at radius 2 is 2.32 bits per heavy atom. The van der Waals surface area contributed by atoms with Gasteiger partial charge in [-0.15, -0.1) is 11.3 Å². The van der Waals surface area contributed by atoms with Crippen LogP contribution in [0.3, 0.4) is 0 Å². The molecule has 108 valence electrons. The first kappa shape index (κ1) is 15.3. The summed E-state index contributed by atoms with van der Waals surface area (Å²) >= 11 is 3.99. The van der Waals surface area contributed by atoms with Crippen molar-refractivity contribution in [2.24, 2.45) is 0 Å². The van der Waals surface area contributed by atoms with Crippen molar-refractivity contribution in [2.45, 2.75) is 69.9 Å².